The molecule has 178 valence electrons. The van der Waals surface area contributed by atoms with Gasteiger partial charge in [0.1, 0.15) is 17.2 Å². The Bertz CT molecular complexity index is 1170. The number of carboxylic acids is 1. The van der Waals surface area contributed by atoms with Crippen molar-refractivity contribution in [2.45, 2.75) is 26.7 Å². The first-order chi connectivity index (χ1) is 16.3. The number of carbonyl (C=O) groups is 1. The highest BCUT2D eigenvalue weighted by Gasteiger charge is 2.25. The average molecular weight is 482 g/mol. The molecule has 3 rings (SSSR count). The fourth-order valence-corrected chi connectivity index (χ4v) is 4.38. The van der Waals surface area contributed by atoms with E-state index in [2.05, 4.69) is 13.8 Å². The average Bonchev–Trinajstić information content (AvgIpc) is 2.82. The van der Waals surface area contributed by atoms with E-state index in [1.54, 1.807) is 54.6 Å². The van der Waals surface area contributed by atoms with E-state index in [4.69, 9.17) is 18.9 Å². The van der Waals surface area contributed by atoms with E-state index in [0.717, 1.165) is 35.1 Å². The summed E-state index contributed by atoms with van der Waals surface area (Å²) in [5, 5.41) is 8.76. The molecule has 7 nitrogen and oxygen atoms in total. The van der Waals surface area contributed by atoms with Gasteiger partial charge in [0.05, 0.1) is 0 Å². The summed E-state index contributed by atoms with van der Waals surface area (Å²) >= 11 is 0. The van der Waals surface area contributed by atoms with E-state index in [1.165, 1.54) is 0 Å². The molecule has 0 saturated carbocycles. The van der Waals surface area contributed by atoms with Gasteiger partial charge in [-0.05, 0) is 71.5 Å². The van der Waals surface area contributed by atoms with E-state index in [0.29, 0.717) is 5.75 Å². The molecule has 0 aliphatic carbocycles. The summed E-state index contributed by atoms with van der Waals surface area (Å²) in [6, 6.07) is 22.6. The number of hydrogen-bond acceptors (Lipinski definition) is 5. The maximum Gasteiger partial charge on any atom is 0.584 e. The summed E-state index contributed by atoms with van der Waals surface area (Å²) in [4.78, 5) is 20.8. The molecule has 0 aromatic heterocycles. The van der Waals surface area contributed by atoms with Gasteiger partial charge in [-0.3, -0.25) is 4.89 Å². The Kier molecular flexibility index (Phi) is 8.52. The van der Waals surface area contributed by atoms with Gasteiger partial charge in [-0.25, -0.2) is 9.36 Å². The zero-order valence-electron chi connectivity index (χ0n) is 19.0. The number of para-hydroxylation sites is 1. The lowest BCUT2D eigenvalue weighted by Gasteiger charge is -2.16. The first-order valence-corrected chi connectivity index (χ1v) is 12.4. The lowest BCUT2D eigenvalue weighted by molar-refractivity contribution is -0.139. The molecule has 0 saturated heterocycles. The highest BCUT2D eigenvalue weighted by atomic mass is 31.2. The van der Waals surface area contributed by atoms with Crippen LogP contribution in [0.2, 0.25) is 0 Å². The van der Waals surface area contributed by atoms with Crippen molar-refractivity contribution in [3.8, 4) is 17.2 Å². The lowest BCUT2D eigenvalue weighted by Crippen LogP contribution is -2.09. The van der Waals surface area contributed by atoms with Crippen molar-refractivity contribution in [2.75, 3.05) is 6.61 Å². The lowest BCUT2D eigenvalue weighted by atomic mass is 9.91. The van der Waals surface area contributed by atoms with E-state index >= 15 is 0 Å². The number of ether oxygens (including phenoxy) is 1. The summed E-state index contributed by atoms with van der Waals surface area (Å²) in [7, 11) is -4.33. The Morgan fingerprint density at radius 2 is 1.18 bits per heavy atom. The van der Waals surface area contributed by atoms with Crippen molar-refractivity contribution in [1.82, 2.24) is 0 Å². The maximum atomic E-state index is 12.3. The van der Waals surface area contributed by atoms with Crippen LogP contribution in [0.25, 0.3) is 11.1 Å². The first kappa shape index (κ1) is 25.1. The van der Waals surface area contributed by atoms with Crippen molar-refractivity contribution in [1.29, 1.82) is 0 Å². The zero-order valence-corrected chi connectivity index (χ0v) is 19.9. The molecule has 2 N–H and O–H groups in total. The van der Waals surface area contributed by atoms with Crippen molar-refractivity contribution in [2.24, 2.45) is 0 Å². The molecular weight excluding hydrogens is 455 g/mol. The summed E-state index contributed by atoms with van der Waals surface area (Å²) in [6.07, 6.45) is 1.56. The number of phosphoric acid groups is 1. The third-order valence-corrected chi connectivity index (χ3v) is 5.91. The molecule has 3 aromatic carbocycles. The molecule has 0 aliphatic heterocycles. The normalized spacial score (nSPS) is 13.4. The smallest absolute Gasteiger partial charge is 0.482 e. The summed E-state index contributed by atoms with van der Waals surface area (Å²) in [5.41, 5.74) is 4.25. The first-order valence-electron chi connectivity index (χ1n) is 10.9. The Morgan fingerprint density at radius 3 is 1.62 bits per heavy atom. The van der Waals surface area contributed by atoms with Crippen LogP contribution in [0.1, 0.15) is 37.8 Å². The molecule has 1 unspecified atom stereocenters. The number of hydrogen-bond donors (Lipinski definition) is 2. The minimum Gasteiger partial charge on any atom is -0.482 e. The largest absolute Gasteiger partial charge is 0.584 e. The maximum absolute atomic E-state index is 12.3. The number of carboxylic acid groups (broad SMARTS) is 1. The number of aliphatic carboxylic acids is 1. The van der Waals surface area contributed by atoms with E-state index in [1.807, 2.05) is 24.3 Å². The Balaban J connectivity index is 1.78. The SMILES string of the molecule is CCC(=C(CC)c1ccc(OP(=O)(O)Oc2ccccc2)cc1)c1ccc(OCC(=O)O)cc1. The fourth-order valence-electron chi connectivity index (χ4n) is 3.56. The van der Waals surface area contributed by atoms with Crippen molar-refractivity contribution >= 4 is 24.9 Å². The molecule has 0 heterocycles. The minimum absolute atomic E-state index is 0.221. The number of rotatable bonds is 11. The van der Waals surface area contributed by atoms with Crippen LogP contribution in [0, 0.1) is 0 Å². The van der Waals surface area contributed by atoms with Gasteiger partial charge >= 0.3 is 13.8 Å². The zero-order chi connectivity index (χ0) is 24.6. The van der Waals surface area contributed by atoms with Crippen molar-refractivity contribution < 1.29 is 33.1 Å². The predicted octanol–water partition coefficient (Wildman–Crippen LogP) is 6.44. The van der Waals surface area contributed by atoms with Gasteiger partial charge in [0.25, 0.3) is 0 Å². The highest BCUT2D eigenvalue weighted by molar-refractivity contribution is 7.48. The van der Waals surface area contributed by atoms with Gasteiger partial charge in [-0.15, -0.1) is 0 Å². The van der Waals surface area contributed by atoms with Crippen LogP contribution in [0.3, 0.4) is 0 Å². The standard InChI is InChI=1S/C26H27O7P/c1-3-24(19-10-14-21(15-11-19)31-18-26(27)28)25(4-2)20-12-16-23(17-13-20)33-34(29,30)32-22-8-6-5-7-9-22/h5-17H,3-4,18H2,1-2H3,(H,27,28)(H,29,30). The van der Waals surface area contributed by atoms with Gasteiger partial charge in [0.15, 0.2) is 6.61 Å². The van der Waals surface area contributed by atoms with Crippen LogP contribution in [0.5, 0.6) is 17.2 Å². The number of benzene rings is 3. The van der Waals surface area contributed by atoms with E-state index < -0.39 is 13.8 Å². The topological polar surface area (TPSA) is 102 Å². The molecule has 0 amide bonds. The molecule has 8 heteroatoms. The monoisotopic (exact) mass is 482 g/mol. The van der Waals surface area contributed by atoms with Gasteiger partial charge in [-0.1, -0.05) is 56.3 Å². The third kappa shape index (κ3) is 6.98. The molecule has 0 radical (unpaired) electrons. The van der Waals surface area contributed by atoms with Gasteiger partial charge in [0.2, 0.25) is 0 Å². The van der Waals surface area contributed by atoms with Crippen molar-refractivity contribution in [3.63, 3.8) is 0 Å². The second-order valence-corrected chi connectivity index (χ2v) is 8.66. The van der Waals surface area contributed by atoms with Crippen LogP contribution in [0.4, 0.5) is 0 Å². The summed E-state index contributed by atoms with van der Waals surface area (Å²) in [5.74, 6) is -0.0672. The predicted molar refractivity (Wildman–Crippen MR) is 131 cm³/mol. The highest BCUT2D eigenvalue weighted by Crippen LogP contribution is 2.44. The number of phosphoric ester groups is 1. The number of allylic oxidation sites excluding steroid dienone is 2. The van der Waals surface area contributed by atoms with Crippen LogP contribution < -0.4 is 13.8 Å². The second kappa shape index (κ2) is 11.5. The molecule has 34 heavy (non-hydrogen) atoms. The van der Waals surface area contributed by atoms with Crippen LogP contribution >= 0.6 is 7.82 Å². The molecule has 0 spiro atoms. The Labute approximate surface area is 198 Å². The van der Waals surface area contributed by atoms with Gasteiger partial charge < -0.3 is 18.9 Å². The Hall–Kier alpha value is -3.54. The van der Waals surface area contributed by atoms with Crippen molar-refractivity contribution in [3.05, 3.63) is 90.0 Å². The van der Waals surface area contributed by atoms with Gasteiger partial charge in [0, 0.05) is 0 Å². The van der Waals surface area contributed by atoms with Crippen LogP contribution in [-0.2, 0) is 9.36 Å². The molecule has 3 aromatic rings. The molecule has 0 fully saturated rings. The molecular formula is C26H27O7P. The van der Waals surface area contributed by atoms with Crippen LogP contribution in [0.15, 0.2) is 78.9 Å². The Morgan fingerprint density at radius 1 is 0.735 bits per heavy atom. The molecule has 0 aliphatic rings. The molecule has 0 bridgehead atoms. The van der Waals surface area contributed by atoms with Gasteiger partial charge in [-0.2, -0.15) is 0 Å². The van der Waals surface area contributed by atoms with Crippen LogP contribution in [-0.4, -0.2) is 22.6 Å². The quantitative estimate of drug-likeness (QED) is 0.239. The second-order valence-electron chi connectivity index (χ2n) is 7.36. The summed E-state index contributed by atoms with van der Waals surface area (Å²) < 4.78 is 27.9. The molecule has 1 atom stereocenters. The minimum atomic E-state index is -4.33. The van der Waals surface area contributed by atoms with E-state index in [-0.39, 0.29) is 18.1 Å². The van der Waals surface area contributed by atoms with E-state index in [9.17, 15) is 14.3 Å². The third-order valence-electron chi connectivity index (χ3n) is 5.02. The summed E-state index contributed by atoms with van der Waals surface area (Å²) in [6.45, 7) is 3.75. The fraction of sp³-hybridized carbons (Fsp3) is 0.192.